The van der Waals surface area contributed by atoms with Crippen molar-refractivity contribution in [3.63, 3.8) is 0 Å². The molecule has 9 heteroatoms. The third-order valence-electron chi connectivity index (χ3n) is 3.10. The molecule has 0 saturated heterocycles. The normalized spacial score (nSPS) is 12.3. The number of Topliss-reactive ketones (excluding diaryl/α,β-unsaturated/α-hetero) is 1. The zero-order valence-electron chi connectivity index (χ0n) is 16.0. The number of carbonyl (C=O) groups is 5. The van der Waals surface area contributed by atoms with E-state index >= 15 is 0 Å². The van der Waals surface area contributed by atoms with Gasteiger partial charge in [-0.3, -0.25) is 19.2 Å². The summed E-state index contributed by atoms with van der Waals surface area (Å²) in [5.74, 6) is -2.82. The lowest BCUT2D eigenvalue weighted by Crippen LogP contribution is -2.53. The summed E-state index contributed by atoms with van der Waals surface area (Å²) in [6.45, 7) is 9.66. The lowest BCUT2D eigenvalue weighted by molar-refractivity contribution is -0.151. The molecular formula is C17H27NO7S. The minimum Gasteiger partial charge on any atom is -0.464 e. The van der Waals surface area contributed by atoms with Crippen molar-refractivity contribution in [2.45, 2.75) is 71.3 Å². The Labute approximate surface area is 157 Å². The highest BCUT2D eigenvalue weighted by atomic mass is 32.2. The van der Waals surface area contributed by atoms with E-state index in [0.717, 1.165) is 0 Å². The van der Waals surface area contributed by atoms with E-state index in [1.54, 1.807) is 27.7 Å². The second kappa shape index (κ2) is 10.9. The fraction of sp³-hybridized carbons (Fsp3) is 0.706. The summed E-state index contributed by atoms with van der Waals surface area (Å²) in [6.07, 6.45) is -0.928. The summed E-state index contributed by atoms with van der Waals surface area (Å²) in [7, 11) is 0. The van der Waals surface area contributed by atoms with E-state index in [1.165, 1.54) is 13.8 Å². The summed E-state index contributed by atoms with van der Waals surface area (Å²) >= 11 is 0.574. The highest BCUT2D eigenvalue weighted by molar-refractivity contribution is 8.16. The molecule has 1 unspecified atom stereocenters. The number of hydrogen-bond donors (Lipinski definition) is 1. The number of thioether (sulfide) groups is 1. The Balaban J connectivity index is 5.13. The van der Waals surface area contributed by atoms with Gasteiger partial charge in [0, 0.05) is 11.2 Å². The summed E-state index contributed by atoms with van der Waals surface area (Å²) < 4.78 is 8.62. The van der Waals surface area contributed by atoms with Crippen molar-refractivity contribution < 1.29 is 33.4 Å². The molecule has 1 N–H and O–H groups in total. The van der Waals surface area contributed by atoms with Crippen LogP contribution < -0.4 is 5.32 Å². The molecule has 1 atom stereocenters. The standard InChI is InChI=1S/C17H27NO7S/c1-7-12(20)18-14(15(22)24-8-2)17(5,6)26-16(23)11(19)9-13(21)25-10(3)4/h10,14H,7-9H2,1-6H3,(H,18,20). The van der Waals surface area contributed by atoms with Gasteiger partial charge in [-0.25, -0.2) is 4.79 Å². The first-order valence-corrected chi connectivity index (χ1v) is 9.17. The van der Waals surface area contributed by atoms with Gasteiger partial charge in [-0.2, -0.15) is 0 Å². The lowest BCUT2D eigenvalue weighted by Gasteiger charge is -2.31. The zero-order valence-corrected chi connectivity index (χ0v) is 16.9. The average Bonchev–Trinajstić information content (AvgIpc) is 2.50. The number of amides is 1. The van der Waals surface area contributed by atoms with Crippen LogP contribution in [0, 0.1) is 0 Å². The summed E-state index contributed by atoms with van der Waals surface area (Å²) in [4.78, 5) is 59.5. The van der Waals surface area contributed by atoms with Crippen molar-refractivity contribution in [2.24, 2.45) is 0 Å². The van der Waals surface area contributed by atoms with Gasteiger partial charge in [0.2, 0.25) is 11.7 Å². The molecule has 0 bridgehead atoms. The Bertz CT molecular complexity index is 557. The highest BCUT2D eigenvalue weighted by Crippen LogP contribution is 2.30. The predicted octanol–water partition coefficient (Wildman–Crippen LogP) is 1.39. The van der Waals surface area contributed by atoms with Crippen molar-refractivity contribution in [3.8, 4) is 0 Å². The summed E-state index contributed by atoms with van der Waals surface area (Å²) in [6, 6.07) is -1.13. The molecule has 0 radical (unpaired) electrons. The van der Waals surface area contributed by atoms with Gasteiger partial charge in [0.15, 0.2) is 0 Å². The molecule has 0 spiro atoms. The Morgan fingerprint density at radius 2 is 1.65 bits per heavy atom. The first kappa shape index (κ1) is 24.1. The number of carbonyl (C=O) groups excluding carboxylic acids is 5. The molecule has 0 aromatic carbocycles. The summed E-state index contributed by atoms with van der Waals surface area (Å²) in [5.41, 5.74) is 0. The Morgan fingerprint density at radius 3 is 2.12 bits per heavy atom. The average molecular weight is 389 g/mol. The molecule has 0 aliphatic rings. The third-order valence-corrected chi connectivity index (χ3v) is 4.27. The van der Waals surface area contributed by atoms with E-state index in [9.17, 15) is 24.0 Å². The number of esters is 2. The van der Waals surface area contributed by atoms with Gasteiger partial charge in [0.1, 0.15) is 12.5 Å². The molecule has 0 saturated carbocycles. The highest BCUT2D eigenvalue weighted by Gasteiger charge is 2.41. The molecule has 148 valence electrons. The van der Waals surface area contributed by atoms with Crippen molar-refractivity contribution in [2.75, 3.05) is 6.61 Å². The maximum absolute atomic E-state index is 12.2. The van der Waals surface area contributed by atoms with Gasteiger partial charge < -0.3 is 14.8 Å². The van der Waals surface area contributed by atoms with Crippen LogP contribution in [0.3, 0.4) is 0 Å². The number of ketones is 1. The zero-order chi connectivity index (χ0) is 20.5. The number of nitrogens with one attached hydrogen (secondary N) is 1. The van der Waals surface area contributed by atoms with Crippen LogP contribution in [-0.4, -0.2) is 52.2 Å². The molecule has 8 nitrogen and oxygen atoms in total. The fourth-order valence-electron chi connectivity index (χ4n) is 1.87. The molecule has 0 rings (SSSR count). The monoisotopic (exact) mass is 389 g/mol. The van der Waals surface area contributed by atoms with Gasteiger partial charge in [-0.15, -0.1) is 0 Å². The van der Waals surface area contributed by atoms with Crippen LogP contribution in [0.4, 0.5) is 0 Å². The fourth-order valence-corrected chi connectivity index (χ4v) is 2.80. The number of hydrogen-bond acceptors (Lipinski definition) is 8. The Morgan fingerprint density at radius 1 is 1.08 bits per heavy atom. The topological polar surface area (TPSA) is 116 Å². The van der Waals surface area contributed by atoms with E-state index in [-0.39, 0.29) is 13.0 Å². The molecule has 0 aliphatic carbocycles. The van der Waals surface area contributed by atoms with Crippen LogP contribution in [0.5, 0.6) is 0 Å². The van der Waals surface area contributed by atoms with Crippen molar-refractivity contribution in [1.82, 2.24) is 5.32 Å². The van der Waals surface area contributed by atoms with Gasteiger partial charge in [0.05, 0.1) is 12.7 Å². The van der Waals surface area contributed by atoms with Crippen LogP contribution in [0.25, 0.3) is 0 Å². The maximum Gasteiger partial charge on any atom is 0.330 e. The van der Waals surface area contributed by atoms with E-state index in [0.29, 0.717) is 11.8 Å². The lowest BCUT2D eigenvalue weighted by atomic mass is 10.0. The summed E-state index contributed by atoms with van der Waals surface area (Å²) in [5, 5.41) is 1.62. The van der Waals surface area contributed by atoms with E-state index in [2.05, 4.69) is 5.32 Å². The van der Waals surface area contributed by atoms with Crippen LogP contribution in [0.15, 0.2) is 0 Å². The minimum absolute atomic E-state index is 0.103. The molecule has 0 aromatic heterocycles. The van der Waals surface area contributed by atoms with Crippen LogP contribution in [0.2, 0.25) is 0 Å². The Kier molecular flexibility index (Phi) is 10.1. The molecule has 0 heterocycles. The van der Waals surface area contributed by atoms with Crippen molar-refractivity contribution in [3.05, 3.63) is 0 Å². The van der Waals surface area contributed by atoms with E-state index in [4.69, 9.17) is 9.47 Å². The Hall–Kier alpha value is -1.90. The van der Waals surface area contributed by atoms with Crippen LogP contribution >= 0.6 is 11.8 Å². The number of rotatable bonds is 10. The first-order chi connectivity index (χ1) is 11.9. The quantitative estimate of drug-likeness (QED) is 0.338. The molecule has 0 aromatic rings. The smallest absolute Gasteiger partial charge is 0.330 e. The largest absolute Gasteiger partial charge is 0.464 e. The molecule has 0 aliphatic heterocycles. The minimum atomic E-state index is -1.16. The van der Waals surface area contributed by atoms with Gasteiger partial charge in [-0.1, -0.05) is 18.7 Å². The number of ether oxygens (including phenoxy) is 2. The van der Waals surface area contributed by atoms with Crippen LogP contribution in [0.1, 0.15) is 54.4 Å². The third kappa shape index (κ3) is 8.46. The van der Waals surface area contributed by atoms with Gasteiger partial charge >= 0.3 is 11.9 Å². The molecular weight excluding hydrogens is 362 g/mol. The molecule has 1 amide bonds. The molecule has 0 fully saturated rings. The second-order valence-corrected chi connectivity index (χ2v) is 7.86. The predicted molar refractivity (Wildman–Crippen MR) is 96.4 cm³/mol. The first-order valence-electron chi connectivity index (χ1n) is 8.36. The SMILES string of the molecule is CCOC(=O)C(NC(=O)CC)C(C)(C)SC(=O)C(=O)CC(=O)OC(C)C. The molecule has 26 heavy (non-hydrogen) atoms. The van der Waals surface area contributed by atoms with Gasteiger partial charge in [-0.05, 0) is 34.6 Å². The van der Waals surface area contributed by atoms with E-state index < -0.39 is 52.1 Å². The van der Waals surface area contributed by atoms with Crippen molar-refractivity contribution in [1.29, 1.82) is 0 Å². The van der Waals surface area contributed by atoms with Crippen molar-refractivity contribution >= 4 is 40.5 Å². The maximum atomic E-state index is 12.2. The van der Waals surface area contributed by atoms with Crippen LogP contribution in [-0.2, 0) is 33.4 Å². The van der Waals surface area contributed by atoms with E-state index in [1.807, 2.05) is 0 Å². The second-order valence-electron chi connectivity index (χ2n) is 6.24. The van der Waals surface area contributed by atoms with Gasteiger partial charge in [0.25, 0.3) is 5.12 Å².